The Kier molecular flexibility index (Phi) is 3.89. The zero-order valence-corrected chi connectivity index (χ0v) is 16.2. The molecule has 5 rings (SSSR count). The molecule has 3 aromatic carbocycles. The molecule has 30 heavy (non-hydrogen) atoms. The monoisotopic (exact) mass is 396 g/mol. The van der Waals surface area contributed by atoms with Crippen LogP contribution in [0.4, 0.5) is 5.69 Å². The highest BCUT2D eigenvalue weighted by Crippen LogP contribution is 2.38. The normalized spacial score (nSPS) is 13.2. The molecular formula is C24H20N4O2. The lowest BCUT2D eigenvalue weighted by Gasteiger charge is -2.15. The van der Waals surface area contributed by atoms with Crippen molar-refractivity contribution in [1.29, 1.82) is 0 Å². The quantitative estimate of drug-likeness (QED) is 0.363. The summed E-state index contributed by atoms with van der Waals surface area (Å²) in [5.74, 6) is -0.823. The third kappa shape index (κ3) is 2.65. The summed E-state index contributed by atoms with van der Waals surface area (Å²) in [6.45, 7) is 4.11. The molecule has 0 spiro atoms. The number of aromatic nitrogens is 1. The van der Waals surface area contributed by atoms with Gasteiger partial charge in [0.2, 0.25) is 5.91 Å². The van der Waals surface area contributed by atoms with Crippen LogP contribution in [0.25, 0.3) is 32.9 Å². The van der Waals surface area contributed by atoms with Crippen molar-refractivity contribution in [3.05, 3.63) is 77.9 Å². The van der Waals surface area contributed by atoms with E-state index < -0.39 is 5.91 Å². The second-order valence-electron chi connectivity index (χ2n) is 7.62. The number of anilines is 1. The van der Waals surface area contributed by atoms with Gasteiger partial charge in [0.25, 0.3) is 5.91 Å². The van der Waals surface area contributed by atoms with Crippen molar-refractivity contribution < 1.29 is 9.59 Å². The van der Waals surface area contributed by atoms with Gasteiger partial charge in [-0.1, -0.05) is 36.9 Å². The van der Waals surface area contributed by atoms with E-state index in [4.69, 9.17) is 11.5 Å². The summed E-state index contributed by atoms with van der Waals surface area (Å²) in [5, 5.41) is 2.27. The molecule has 0 radical (unpaired) electrons. The number of nitrogens with one attached hydrogen (secondary N) is 1. The minimum Gasteiger partial charge on any atom is -0.398 e. The maximum Gasteiger partial charge on any atom is 0.256 e. The van der Waals surface area contributed by atoms with E-state index in [0.29, 0.717) is 17.8 Å². The van der Waals surface area contributed by atoms with Gasteiger partial charge in [0.15, 0.2) is 0 Å². The van der Waals surface area contributed by atoms with Crippen molar-refractivity contribution in [1.82, 2.24) is 9.88 Å². The fourth-order valence-electron chi connectivity index (χ4n) is 4.23. The van der Waals surface area contributed by atoms with Gasteiger partial charge in [0, 0.05) is 39.6 Å². The van der Waals surface area contributed by atoms with Crippen LogP contribution < -0.4 is 11.5 Å². The largest absolute Gasteiger partial charge is 0.398 e. The van der Waals surface area contributed by atoms with Gasteiger partial charge in [-0.25, -0.2) is 0 Å². The summed E-state index contributed by atoms with van der Waals surface area (Å²) in [6, 6.07) is 18.1. The average Bonchev–Trinajstić information content (AvgIpc) is 3.26. The molecule has 2 amide bonds. The second-order valence-corrected chi connectivity index (χ2v) is 7.62. The fraction of sp³-hybridized carbons (Fsp3) is 0.0833. The van der Waals surface area contributed by atoms with E-state index in [1.54, 1.807) is 11.0 Å². The van der Waals surface area contributed by atoms with Gasteiger partial charge in [-0.3, -0.25) is 9.59 Å². The summed E-state index contributed by atoms with van der Waals surface area (Å²) in [4.78, 5) is 29.3. The van der Waals surface area contributed by atoms with Crippen LogP contribution in [0.3, 0.4) is 0 Å². The fourth-order valence-corrected chi connectivity index (χ4v) is 4.23. The van der Waals surface area contributed by atoms with E-state index in [-0.39, 0.29) is 18.0 Å². The number of nitrogens with zero attached hydrogens (tertiary/aromatic N) is 1. The molecule has 6 heteroatoms. The molecule has 1 aliphatic rings. The van der Waals surface area contributed by atoms with Crippen LogP contribution in [0.5, 0.6) is 0 Å². The van der Waals surface area contributed by atoms with Crippen molar-refractivity contribution in [3.8, 4) is 11.1 Å². The summed E-state index contributed by atoms with van der Waals surface area (Å²) in [5.41, 5.74) is 17.5. The molecule has 4 aromatic rings. The summed E-state index contributed by atoms with van der Waals surface area (Å²) < 4.78 is 0. The van der Waals surface area contributed by atoms with Crippen LogP contribution in [-0.2, 0) is 11.3 Å². The highest BCUT2D eigenvalue weighted by Gasteiger charge is 2.32. The first kappa shape index (κ1) is 18.0. The first-order valence-corrected chi connectivity index (χ1v) is 9.63. The first-order valence-electron chi connectivity index (χ1n) is 9.63. The van der Waals surface area contributed by atoms with Gasteiger partial charge in [-0.05, 0) is 41.0 Å². The van der Waals surface area contributed by atoms with Gasteiger partial charge in [-0.15, -0.1) is 0 Å². The van der Waals surface area contributed by atoms with Gasteiger partial charge >= 0.3 is 0 Å². The highest BCUT2D eigenvalue weighted by atomic mass is 16.2. The highest BCUT2D eigenvalue weighted by molar-refractivity contribution is 6.09. The van der Waals surface area contributed by atoms with E-state index in [1.807, 2.05) is 24.3 Å². The molecule has 0 aliphatic carbocycles. The Morgan fingerprint density at radius 2 is 1.83 bits per heavy atom. The van der Waals surface area contributed by atoms with Gasteiger partial charge in [0.1, 0.15) is 0 Å². The van der Waals surface area contributed by atoms with E-state index in [0.717, 1.165) is 38.5 Å². The molecule has 2 heterocycles. The standard InChI is InChI=1S/C24H20N4O2/c1-13(23(26)29)11-28-12-18-15(7-8-19(25)22(18)24(28)30)14-6-9-21-17(10-14)16-4-2-3-5-20(16)27-21/h2-10,27H,1,11-12,25H2,(H2,26,29). The second kappa shape index (κ2) is 6.49. The number of carbonyl (C=O) groups is 2. The summed E-state index contributed by atoms with van der Waals surface area (Å²) in [6.07, 6.45) is 0. The van der Waals surface area contributed by atoms with Crippen LogP contribution in [-0.4, -0.2) is 28.2 Å². The number of amides is 2. The summed E-state index contributed by atoms with van der Waals surface area (Å²) in [7, 11) is 0. The Hall–Kier alpha value is -4.06. The number of aromatic amines is 1. The number of fused-ring (bicyclic) bond motifs is 4. The lowest BCUT2D eigenvalue weighted by Crippen LogP contribution is -2.30. The van der Waals surface area contributed by atoms with Crippen molar-refractivity contribution >= 4 is 39.3 Å². The van der Waals surface area contributed by atoms with Crippen molar-refractivity contribution in [2.45, 2.75) is 6.54 Å². The molecule has 6 nitrogen and oxygen atoms in total. The number of H-pyrrole nitrogens is 1. The number of nitrogen functional groups attached to an aromatic ring is 1. The molecular weight excluding hydrogens is 376 g/mol. The number of para-hydroxylation sites is 1. The lowest BCUT2D eigenvalue weighted by molar-refractivity contribution is -0.114. The summed E-state index contributed by atoms with van der Waals surface area (Å²) >= 11 is 0. The van der Waals surface area contributed by atoms with Gasteiger partial charge in [-0.2, -0.15) is 0 Å². The minimum atomic E-state index is -0.614. The van der Waals surface area contributed by atoms with E-state index in [9.17, 15) is 9.59 Å². The third-order valence-electron chi connectivity index (χ3n) is 5.74. The number of carbonyl (C=O) groups excluding carboxylic acids is 2. The zero-order chi connectivity index (χ0) is 21.0. The van der Waals surface area contributed by atoms with E-state index >= 15 is 0 Å². The van der Waals surface area contributed by atoms with Crippen LogP contribution in [0, 0.1) is 0 Å². The Morgan fingerprint density at radius 1 is 1.07 bits per heavy atom. The number of rotatable bonds is 4. The van der Waals surface area contributed by atoms with Gasteiger partial charge < -0.3 is 21.4 Å². The van der Waals surface area contributed by atoms with Crippen LogP contribution in [0.15, 0.2) is 66.7 Å². The predicted octanol–water partition coefficient (Wildman–Crippen LogP) is 3.57. The smallest absolute Gasteiger partial charge is 0.256 e. The molecule has 0 fully saturated rings. The van der Waals surface area contributed by atoms with Crippen molar-refractivity contribution in [2.24, 2.45) is 5.73 Å². The number of benzene rings is 3. The molecule has 1 aromatic heterocycles. The Balaban J connectivity index is 1.62. The average molecular weight is 396 g/mol. The zero-order valence-electron chi connectivity index (χ0n) is 16.2. The Morgan fingerprint density at radius 3 is 2.63 bits per heavy atom. The molecule has 0 atom stereocenters. The molecule has 1 aliphatic heterocycles. The number of primary amides is 1. The lowest BCUT2D eigenvalue weighted by atomic mass is 9.94. The molecule has 0 bridgehead atoms. The molecule has 0 saturated heterocycles. The molecule has 148 valence electrons. The van der Waals surface area contributed by atoms with E-state index in [1.165, 1.54) is 0 Å². The first-order chi connectivity index (χ1) is 14.4. The maximum atomic E-state index is 13.0. The minimum absolute atomic E-state index is 0.0865. The number of nitrogens with two attached hydrogens (primary N) is 2. The third-order valence-corrected chi connectivity index (χ3v) is 5.74. The predicted molar refractivity (Wildman–Crippen MR) is 119 cm³/mol. The maximum absolute atomic E-state index is 13.0. The van der Waals surface area contributed by atoms with Crippen LogP contribution >= 0.6 is 0 Å². The number of hydrogen-bond acceptors (Lipinski definition) is 3. The van der Waals surface area contributed by atoms with Crippen molar-refractivity contribution in [3.63, 3.8) is 0 Å². The molecule has 0 unspecified atom stereocenters. The van der Waals surface area contributed by atoms with Gasteiger partial charge in [0.05, 0.1) is 12.1 Å². The van der Waals surface area contributed by atoms with E-state index in [2.05, 4.69) is 35.8 Å². The van der Waals surface area contributed by atoms with Crippen LogP contribution in [0.2, 0.25) is 0 Å². The van der Waals surface area contributed by atoms with Crippen LogP contribution in [0.1, 0.15) is 15.9 Å². The molecule has 5 N–H and O–H groups in total. The van der Waals surface area contributed by atoms with Crippen molar-refractivity contribution in [2.75, 3.05) is 12.3 Å². The topological polar surface area (TPSA) is 105 Å². The number of hydrogen-bond donors (Lipinski definition) is 3. The SMILES string of the molecule is C=C(CN1Cc2c(-c3ccc4[nH]c5ccccc5c4c3)ccc(N)c2C1=O)C(N)=O. The molecule has 0 saturated carbocycles. The Labute approximate surface area is 172 Å². The Bertz CT molecular complexity index is 1380.